The summed E-state index contributed by atoms with van der Waals surface area (Å²) in [5.74, 6) is 0.474. The van der Waals surface area contributed by atoms with E-state index in [0.29, 0.717) is 43.1 Å². The molecule has 1 aromatic carbocycles. The summed E-state index contributed by atoms with van der Waals surface area (Å²) in [4.78, 5) is 28.4. The summed E-state index contributed by atoms with van der Waals surface area (Å²) in [6.45, 7) is 1.87. The van der Waals surface area contributed by atoms with E-state index in [1.807, 2.05) is 7.05 Å². The highest BCUT2D eigenvalue weighted by atomic mass is 19.4. The average molecular weight is 449 g/mol. The standard InChI is InChI=1S/C22H26F3N5O2/c1-26-20(31)17-9-27-30(13-17)21(32)29-11-15-7-19(8-16(15)12-29)28(2)10-14-3-5-18(6-4-14)22(23,24)25/h3-6,9,13,15-16,19H,7-8,10-12H2,1-2H3,(H,26,31)/t15-,16+,19-. The Morgan fingerprint density at radius 2 is 1.78 bits per heavy atom. The zero-order valence-corrected chi connectivity index (χ0v) is 18.0. The van der Waals surface area contributed by atoms with Crippen molar-refractivity contribution in [3.63, 3.8) is 0 Å². The van der Waals surface area contributed by atoms with Gasteiger partial charge in [-0.05, 0) is 49.4 Å². The van der Waals surface area contributed by atoms with Crippen LogP contribution < -0.4 is 5.32 Å². The van der Waals surface area contributed by atoms with Gasteiger partial charge in [0.05, 0.1) is 17.3 Å². The van der Waals surface area contributed by atoms with Crippen LogP contribution in [0.4, 0.5) is 18.0 Å². The Kier molecular flexibility index (Phi) is 5.98. The largest absolute Gasteiger partial charge is 0.416 e. The molecule has 0 spiro atoms. The molecule has 1 aromatic heterocycles. The van der Waals surface area contributed by atoms with Crippen LogP contribution >= 0.6 is 0 Å². The number of benzene rings is 1. The number of nitrogens with zero attached hydrogens (tertiary/aromatic N) is 4. The Labute approximate surface area is 184 Å². The lowest BCUT2D eigenvalue weighted by molar-refractivity contribution is -0.137. The predicted molar refractivity (Wildman–Crippen MR) is 111 cm³/mol. The monoisotopic (exact) mass is 449 g/mol. The van der Waals surface area contributed by atoms with E-state index < -0.39 is 11.7 Å². The maximum Gasteiger partial charge on any atom is 0.416 e. The average Bonchev–Trinajstić information content (AvgIpc) is 3.47. The minimum absolute atomic E-state index is 0.232. The Morgan fingerprint density at radius 3 is 2.34 bits per heavy atom. The lowest BCUT2D eigenvalue weighted by Crippen LogP contribution is -2.36. The number of carbonyl (C=O) groups excluding carboxylic acids is 2. The number of amides is 2. The molecule has 2 amide bonds. The van der Waals surface area contributed by atoms with Gasteiger partial charge in [0, 0.05) is 38.9 Å². The van der Waals surface area contributed by atoms with Crippen LogP contribution in [0.2, 0.25) is 0 Å². The van der Waals surface area contributed by atoms with Gasteiger partial charge < -0.3 is 10.2 Å². The molecule has 1 saturated heterocycles. The third kappa shape index (κ3) is 4.50. The number of halogens is 3. The van der Waals surface area contributed by atoms with Crippen molar-refractivity contribution in [2.75, 3.05) is 27.2 Å². The Balaban J connectivity index is 1.31. The number of likely N-dealkylation sites (tertiary alicyclic amines) is 1. The van der Waals surface area contributed by atoms with E-state index >= 15 is 0 Å². The van der Waals surface area contributed by atoms with Crippen molar-refractivity contribution in [1.29, 1.82) is 0 Å². The SMILES string of the molecule is CNC(=O)c1cnn(C(=O)N2C[C@H]3C[C@@H](N(C)Cc4ccc(C(F)(F)F)cc4)C[C@H]3C2)c1. The summed E-state index contributed by atoms with van der Waals surface area (Å²) in [7, 11) is 3.52. The summed E-state index contributed by atoms with van der Waals surface area (Å²) in [6, 6.07) is 5.42. The first kappa shape index (κ1) is 22.3. The minimum Gasteiger partial charge on any atom is -0.355 e. The molecule has 0 bridgehead atoms. The van der Waals surface area contributed by atoms with Crippen LogP contribution in [0.25, 0.3) is 0 Å². The van der Waals surface area contributed by atoms with E-state index in [-0.39, 0.29) is 11.9 Å². The Hall–Kier alpha value is -2.88. The van der Waals surface area contributed by atoms with Gasteiger partial charge in [-0.3, -0.25) is 9.69 Å². The number of rotatable bonds is 4. The molecule has 3 atom stereocenters. The second-order valence-corrected chi connectivity index (χ2v) is 8.70. The van der Waals surface area contributed by atoms with Crippen molar-refractivity contribution in [2.24, 2.45) is 11.8 Å². The third-order valence-corrected chi connectivity index (χ3v) is 6.60. The molecule has 2 heterocycles. The molecule has 7 nitrogen and oxygen atoms in total. The molecule has 2 aliphatic rings. The molecule has 0 radical (unpaired) electrons. The van der Waals surface area contributed by atoms with E-state index in [1.54, 1.807) is 4.90 Å². The molecule has 2 fully saturated rings. The molecule has 0 unspecified atom stereocenters. The first-order valence-electron chi connectivity index (χ1n) is 10.6. The first-order valence-corrected chi connectivity index (χ1v) is 10.6. The van der Waals surface area contributed by atoms with E-state index in [9.17, 15) is 22.8 Å². The molecular formula is C22H26F3N5O2. The van der Waals surface area contributed by atoms with Crippen LogP contribution in [-0.2, 0) is 12.7 Å². The second-order valence-electron chi connectivity index (χ2n) is 8.70. The molecule has 1 saturated carbocycles. The maximum atomic E-state index is 12.8. The zero-order valence-electron chi connectivity index (χ0n) is 18.0. The van der Waals surface area contributed by atoms with Crippen molar-refractivity contribution in [2.45, 2.75) is 31.6 Å². The molecule has 32 heavy (non-hydrogen) atoms. The van der Waals surface area contributed by atoms with Crippen molar-refractivity contribution >= 4 is 11.9 Å². The van der Waals surface area contributed by atoms with Gasteiger partial charge in [0.25, 0.3) is 5.91 Å². The summed E-state index contributed by atoms with van der Waals surface area (Å²) in [6.07, 6.45) is 0.370. The van der Waals surface area contributed by atoms with E-state index in [1.165, 1.54) is 36.3 Å². The zero-order chi connectivity index (χ0) is 23.0. The second kappa shape index (κ2) is 8.57. The lowest BCUT2D eigenvalue weighted by Gasteiger charge is -2.26. The molecule has 1 aliphatic carbocycles. The fourth-order valence-corrected chi connectivity index (χ4v) is 4.83. The Morgan fingerprint density at radius 1 is 1.16 bits per heavy atom. The number of carbonyl (C=O) groups is 2. The normalized spacial score (nSPS) is 22.9. The lowest BCUT2D eigenvalue weighted by atomic mass is 10.0. The fraction of sp³-hybridized carbons (Fsp3) is 0.500. The van der Waals surface area contributed by atoms with Crippen molar-refractivity contribution in [3.05, 3.63) is 53.3 Å². The number of fused-ring (bicyclic) bond motifs is 1. The van der Waals surface area contributed by atoms with E-state index in [4.69, 9.17) is 0 Å². The number of nitrogens with one attached hydrogen (secondary N) is 1. The molecular weight excluding hydrogens is 423 g/mol. The van der Waals surface area contributed by atoms with E-state index in [2.05, 4.69) is 15.3 Å². The minimum atomic E-state index is -4.32. The first-order chi connectivity index (χ1) is 15.2. The third-order valence-electron chi connectivity index (χ3n) is 6.60. The van der Waals surface area contributed by atoms with E-state index in [0.717, 1.165) is 30.5 Å². The van der Waals surface area contributed by atoms with Crippen LogP contribution in [0.5, 0.6) is 0 Å². The van der Waals surface area contributed by atoms with Crippen LogP contribution in [0.3, 0.4) is 0 Å². The van der Waals surface area contributed by atoms with Gasteiger partial charge in [0.15, 0.2) is 0 Å². The number of aromatic nitrogens is 2. The van der Waals surface area contributed by atoms with Gasteiger partial charge in [-0.1, -0.05) is 12.1 Å². The van der Waals surface area contributed by atoms with Crippen molar-refractivity contribution in [1.82, 2.24) is 24.9 Å². The quantitative estimate of drug-likeness (QED) is 0.779. The van der Waals surface area contributed by atoms with Crippen LogP contribution in [0, 0.1) is 11.8 Å². The molecule has 10 heteroatoms. The predicted octanol–water partition coefficient (Wildman–Crippen LogP) is 3.07. The van der Waals surface area contributed by atoms with Gasteiger partial charge in [-0.15, -0.1) is 0 Å². The fourth-order valence-electron chi connectivity index (χ4n) is 4.83. The van der Waals surface area contributed by atoms with Crippen molar-refractivity contribution in [3.8, 4) is 0 Å². The molecule has 2 aromatic rings. The summed E-state index contributed by atoms with van der Waals surface area (Å²) in [5, 5.41) is 6.53. The van der Waals surface area contributed by atoms with Crippen molar-refractivity contribution < 1.29 is 22.8 Å². The van der Waals surface area contributed by atoms with Crippen LogP contribution in [0.1, 0.15) is 34.3 Å². The van der Waals surface area contributed by atoms with Gasteiger partial charge in [0.2, 0.25) is 0 Å². The molecule has 172 valence electrons. The van der Waals surface area contributed by atoms with Crippen LogP contribution in [-0.4, -0.2) is 64.7 Å². The summed E-state index contributed by atoms with van der Waals surface area (Å²) in [5.41, 5.74) is 0.550. The highest BCUT2D eigenvalue weighted by Gasteiger charge is 2.43. The number of alkyl halides is 3. The molecule has 1 N–H and O–H groups in total. The van der Waals surface area contributed by atoms with Gasteiger partial charge >= 0.3 is 12.2 Å². The Bertz CT molecular complexity index is 974. The highest BCUT2D eigenvalue weighted by molar-refractivity contribution is 5.94. The van der Waals surface area contributed by atoms with Gasteiger partial charge in [-0.2, -0.15) is 23.0 Å². The number of hydrogen-bond acceptors (Lipinski definition) is 4. The van der Waals surface area contributed by atoms with Crippen LogP contribution in [0.15, 0.2) is 36.7 Å². The van der Waals surface area contributed by atoms with Gasteiger partial charge in [-0.25, -0.2) is 4.79 Å². The summed E-state index contributed by atoms with van der Waals surface area (Å²) >= 11 is 0. The van der Waals surface area contributed by atoms with Gasteiger partial charge in [0.1, 0.15) is 0 Å². The highest BCUT2D eigenvalue weighted by Crippen LogP contribution is 2.40. The molecule has 4 rings (SSSR count). The summed E-state index contributed by atoms with van der Waals surface area (Å²) < 4.78 is 39.5. The smallest absolute Gasteiger partial charge is 0.355 e. The maximum absolute atomic E-state index is 12.8. The molecule has 1 aliphatic heterocycles. The number of hydrogen-bond donors (Lipinski definition) is 1. The topological polar surface area (TPSA) is 70.5 Å².